The molecule has 4 heteroatoms. The molecule has 1 heterocycles. The molecule has 1 aliphatic carbocycles. The molecule has 2 fully saturated rings. The molecule has 0 aromatic rings. The highest BCUT2D eigenvalue weighted by atomic mass is 16.4. The van der Waals surface area contributed by atoms with Crippen LogP contribution in [-0.4, -0.2) is 47.2 Å². The highest BCUT2D eigenvalue weighted by molar-refractivity contribution is 5.70. The van der Waals surface area contributed by atoms with Gasteiger partial charge < -0.3 is 10.4 Å². The smallest absolute Gasteiger partial charge is 0.307 e. The van der Waals surface area contributed by atoms with Gasteiger partial charge in [-0.25, -0.2) is 0 Å². The zero-order valence-electron chi connectivity index (χ0n) is 10.9. The molecule has 0 radical (unpaired) electrons. The highest BCUT2D eigenvalue weighted by Gasteiger charge is 2.35. The number of aliphatic carboxylic acids is 1. The second-order valence-corrected chi connectivity index (χ2v) is 5.62. The number of hydrogen-bond acceptors (Lipinski definition) is 3. The fraction of sp³-hybridized carbons (Fsp3) is 0.923. The van der Waals surface area contributed by atoms with Gasteiger partial charge in [-0.1, -0.05) is 6.92 Å². The van der Waals surface area contributed by atoms with Crippen LogP contribution in [-0.2, 0) is 4.79 Å². The minimum Gasteiger partial charge on any atom is -0.481 e. The third-order valence-electron chi connectivity index (χ3n) is 4.09. The lowest BCUT2D eigenvalue weighted by atomic mass is 9.93. The average molecular weight is 240 g/mol. The number of carbonyl (C=O) groups is 1. The summed E-state index contributed by atoms with van der Waals surface area (Å²) in [5, 5.41) is 12.8. The normalized spacial score (nSPS) is 32.4. The highest BCUT2D eigenvalue weighted by Crippen LogP contribution is 2.25. The first-order valence-electron chi connectivity index (χ1n) is 6.83. The van der Waals surface area contributed by atoms with Gasteiger partial charge in [0.2, 0.25) is 0 Å². The van der Waals surface area contributed by atoms with Crippen molar-refractivity contribution >= 4 is 5.97 Å². The van der Waals surface area contributed by atoms with Gasteiger partial charge in [-0.15, -0.1) is 0 Å². The molecule has 98 valence electrons. The minimum absolute atomic E-state index is 0.200. The summed E-state index contributed by atoms with van der Waals surface area (Å²) in [7, 11) is 0. The van der Waals surface area contributed by atoms with Crippen LogP contribution in [0, 0.1) is 5.92 Å². The van der Waals surface area contributed by atoms with E-state index < -0.39 is 5.97 Å². The van der Waals surface area contributed by atoms with E-state index in [1.54, 1.807) is 0 Å². The zero-order chi connectivity index (χ0) is 12.4. The fourth-order valence-electron chi connectivity index (χ4n) is 2.63. The number of nitrogens with zero attached hydrogens (tertiary/aromatic N) is 1. The Kier molecular flexibility index (Phi) is 4.05. The van der Waals surface area contributed by atoms with Gasteiger partial charge in [0, 0.05) is 31.2 Å². The summed E-state index contributed by atoms with van der Waals surface area (Å²) in [6.07, 6.45) is 4.40. The van der Waals surface area contributed by atoms with E-state index in [0.29, 0.717) is 24.7 Å². The van der Waals surface area contributed by atoms with Crippen molar-refractivity contribution in [1.29, 1.82) is 0 Å². The van der Waals surface area contributed by atoms with Gasteiger partial charge in [0.1, 0.15) is 0 Å². The zero-order valence-corrected chi connectivity index (χ0v) is 10.9. The van der Waals surface area contributed by atoms with Crippen molar-refractivity contribution in [2.24, 2.45) is 5.92 Å². The number of nitrogens with one attached hydrogen (secondary N) is 1. The Morgan fingerprint density at radius 2 is 2.12 bits per heavy atom. The van der Waals surface area contributed by atoms with Crippen LogP contribution >= 0.6 is 0 Å². The van der Waals surface area contributed by atoms with E-state index in [1.807, 2.05) is 0 Å². The molecule has 2 rings (SSSR count). The van der Waals surface area contributed by atoms with Gasteiger partial charge in [0.05, 0.1) is 5.92 Å². The number of carboxylic acids is 1. The third-order valence-corrected chi connectivity index (χ3v) is 4.09. The average Bonchev–Trinajstić information content (AvgIpc) is 3.11. The summed E-state index contributed by atoms with van der Waals surface area (Å²) in [5.74, 6) is -0.838. The summed E-state index contributed by atoms with van der Waals surface area (Å²) in [4.78, 5) is 13.5. The number of hydrogen-bond donors (Lipinski definition) is 2. The van der Waals surface area contributed by atoms with E-state index in [1.165, 1.54) is 12.8 Å². The molecule has 0 bridgehead atoms. The summed E-state index contributed by atoms with van der Waals surface area (Å²) in [6.45, 7) is 6.08. The summed E-state index contributed by atoms with van der Waals surface area (Å²) < 4.78 is 0. The van der Waals surface area contributed by atoms with Crippen molar-refractivity contribution in [3.63, 3.8) is 0 Å². The number of carboxylic acid groups (broad SMARTS) is 1. The quantitative estimate of drug-likeness (QED) is 0.761. The molecular weight excluding hydrogens is 216 g/mol. The third kappa shape index (κ3) is 3.42. The Labute approximate surface area is 103 Å². The molecule has 1 aliphatic heterocycles. The molecule has 1 saturated carbocycles. The lowest BCUT2D eigenvalue weighted by Gasteiger charge is -2.39. The topological polar surface area (TPSA) is 52.6 Å². The number of rotatable bonds is 5. The summed E-state index contributed by atoms with van der Waals surface area (Å²) >= 11 is 0. The van der Waals surface area contributed by atoms with E-state index >= 15 is 0 Å². The van der Waals surface area contributed by atoms with Crippen LogP contribution in [0.3, 0.4) is 0 Å². The van der Waals surface area contributed by atoms with Crippen molar-refractivity contribution in [3.8, 4) is 0 Å². The van der Waals surface area contributed by atoms with Crippen LogP contribution in [0.1, 0.15) is 39.5 Å². The van der Waals surface area contributed by atoms with Crippen LogP contribution in [0.25, 0.3) is 0 Å². The van der Waals surface area contributed by atoms with Crippen molar-refractivity contribution in [2.75, 3.05) is 13.1 Å². The molecule has 4 nitrogen and oxygen atoms in total. The SMILES string of the molecule is CCC(C)N1CC(NC2CC2)CC(C(=O)O)C1. The van der Waals surface area contributed by atoms with Gasteiger partial charge in [-0.3, -0.25) is 9.69 Å². The van der Waals surface area contributed by atoms with Gasteiger partial charge in [0.25, 0.3) is 0 Å². The van der Waals surface area contributed by atoms with E-state index in [9.17, 15) is 9.90 Å². The maximum absolute atomic E-state index is 11.2. The van der Waals surface area contributed by atoms with Crippen LogP contribution in [0.2, 0.25) is 0 Å². The first kappa shape index (κ1) is 12.8. The second kappa shape index (κ2) is 5.36. The van der Waals surface area contributed by atoms with E-state index in [2.05, 4.69) is 24.1 Å². The number of likely N-dealkylation sites (tertiary alicyclic amines) is 1. The Bertz CT molecular complexity index is 279. The summed E-state index contributed by atoms with van der Waals surface area (Å²) in [5.41, 5.74) is 0. The Balaban J connectivity index is 1.95. The lowest BCUT2D eigenvalue weighted by Crippen LogP contribution is -2.53. The van der Waals surface area contributed by atoms with Crippen molar-refractivity contribution in [2.45, 2.75) is 57.7 Å². The van der Waals surface area contributed by atoms with E-state index in [-0.39, 0.29) is 5.92 Å². The van der Waals surface area contributed by atoms with Crippen LogP contribution in [0.15, 0.2) is 0 Å². The predicted octanol–water partition coefficient (Wildman–Crippen LogP) is 1.31. The van der Waals surface area contributed by atoms with Gasteiger partial charge in [-0.2, -0.15) is 0 Å². The molecule has 2 aliphatic rings. The van der Waals surface area contributed by atoms with Crippen LogP contribution < -0.4 is 5.32 Å². The molecule has 0 aromatic carbocycles. The van der Waals surface area contributed by atoms with Gasteiger partial charge >= 0.3 is 5.97 Å². The Morgan fingerprint density at radius 1 is 1.41 bits per heavy atom. The fourth-order valence-corrected chi connectivity index (χ4v) is 2.63. The maximum Gasteiger partial charge on any atom is 0.307 e. The molecule has 17 heavy (non-hydrogen) atoms. The molecule has 0 aromatic heterocycles. The number of piperidine rings is 1. The van der Waals surface area contributed by atoms with Crippen LogP contribution in [0.5, 0.6) is 0 Å². The van der Waals surface area contributed by atoms with Crippen molar-refractivity contribution < 1.29 is 9.90 Å². The minimum atomic E-state index is -0.638. The van der Waals surface area contributed by atoms with Crippen LogP contribution in [0.4, 0.5) is 0 Å². The van der Waals surface area contributed by atoms with Gasteiger partial charge in [-0.05, 0) is 32.6 Å². The molecule has 3 unspecified atom stereocenters. The van der Waals surface area contributed by atoms with E-state index in [0.717, 1.165) is 19.4 Å². The molecular formula is C13H24N2O2. The molecule has 1 saturated heterocycles. The first-order valence-corrected chi connectivity index (χ1v) is 6.83. The predicted molar refractivity (Wildman–Crippen MR) is 67.0 cm³/mol. The first-order chi connectivity index (χ1) is 8.10. The van der Waals surface area contributed by atoms with Gasteiger partial charge in [0.15, 0.2) is 0 Å². The molecule has 3 atom stereocenters. The summed E-state index contributed by atoms with van der Waals surface area (Å²) in [6, 6.07) is 1.51. The molecule has 0 amide bonds. The lowest BCUT2D eigenvalue weighted by molar-refractivity contribution is -0.144. The largest absolute Gasteiger partial charge is 0.481 e. The van der Waals surface area contributed by atoms with Crippen molar-refractivity contribution in [1.82, 2.24) is 10.2 Å². The monoisotopic (exact) mass is 240 g/mol. The second-order valence-electron chi connectivity index (χ2n) is 5.62. The standard InChI is InChI=1S/C13H24N2O2/c1-3-9(2)15-7-10(13(16)17)6-12(8-15)14-11-4-5-11/h9-12,14H,3-8H2,1-2H3,(H,16,17). The van der Waals surface area contributed by atoms with Crippen molar-refractivity contribution in [3.05, 3.63) is 0 Å². The Morgan fingerprint density at radius 3 is 2.65 bits per heavy atom. The molecule has 2 N–H and O–H groups in total. The maximum atomic E-state index is 11.2. The molecule has 0 spiro atoms. The van der Waals surface area contributed by atoms with E-state index in [4.69, 9.17) is 0 Å². The Hall–Kier alpha value is -0.610.